The van der Waals surface area contributed by atoms with E-state index in [2.05, 4.69) is 22.2 Å². The molecule has 2 rings (SSSR count). The first-order valence-corrected chi connectivity index (χ1v) is 6.62. The Balaban J connectivity index is 1.82. The highest BCUT2D eigenvalue weighted by molar-refractivity contribution is 5.43. The standard InChI is InChI=1S/C13H22N4/c1-2-3-10-4-6-11(7-5-10)17-13-8-12(14)15-9-16-13/h8-11H,2-7H2,1H3,(H3,14,15,16,17). The molecule has 0 saturated heterocycles. The van der Waals surface area contributed by atoms with Crippen LogP contribution in [0, 0.1) is 5.92 Å². The topological polar surface area (TPSA) is 63.8 Å². The lowest BCUT2D eigenvalue weighted by molar-refractivity contribution is 0.318. The van der Waals surface area contributed by atoms with Gasteiger partial charge in [-0.3, -0.25) is 0 Å². The Kier molecular flexibility index (Phi) is 4.18. The number of nitrogens with zero attached hydrogens (tertiary/aromatic N) is 2. The van der Waals surface area contributed by atoms with Crippen molar-refractivity contribution in [2.75, 3.05) is 11.1 Å². The van der Waals surface area contributed by atoms with E-state index in [0.717, 1.165) is 11.7 Å². The van der Waals surface area contributed by atoms with Crippen LogP contribution in [-0.2, 0) is 0 Å². The second-order valence-corrected chi connectivity index (χ2v) is 4.98. The first-order valence-electron chi connectivity index (χ1n) is 6.62. The molecule has 1 aliphatic carbocycles. The fourth-order valence-corrected chi connectivity index (χ4v) is 2.66. The van der Waals surface area contributed by atoms with Gasteiger partial charge in [0.1, 0.15) is 18.0 Å². The van der Waals surface area contributed by atoms with Gasteiger partial charge in [-0.25, -0.2) is 9.97 Å². The van der Waals surface area contributed by atoms with Crippen molar-refractivity contribution in [1.82, 2.24) is 9.97 Å². The summed E-state index contributed by atoms with van der Waals surface area (Å²) in [5, 5.41) is 3.45. The van der Waals surface area contributed by atoms with Crippen LogP contribution in [0.2, 0.25) is 0 Å². The molecule has 94 valence electrons. The van der Waals surface area contributed by atoms with Gasteiger partial charge in [-0.2, -0.15) is 0 Å². The van der Waals surface area contributed by atoms with Crippen molar-refractivity contribution in [3.05, 3.63) is 12.4 Å². The summed E-state index contributed by atoms with van der Waals surface area (Å²) in [6.07, 6.45) is 9.38. The molecule has 1 aromatic rings. The average Bonchev–Trinajstić information content (AvgIpc) is 2.32. The zero-order chi connectivity index (χ0) is 12.1. The Morgan fingerprint density at radius 2 is 2.06 bits per heavy atom. The quantitative estimate of drug-likeness (QED) is 0.840. The minimum absolute atomic E-state index is 0.530. The predicted octanol–water partition coefficient (Wildman–Crippen LogP) is 2.83. The summed E-state index contributed by atoms with van der Waals surface area (Å²) >= 11 is 0. The van der Waals surface area contributed by atoms with E-state index in [0.29, 0.717) is 11.9 Å². The van der Waals surface area contributed by atoms with Crippen molar-refractivity contribution in [2.24, 2.45) is 5.92 Å². The van der Waals surface area contributed by atoms with Crippen LogP contribution < -0.4 is 11.1 Å². The van der Waals surface area contributed by atoms with E-state index < -0.39 is 0 Å². The molecule has 0 aromatic carbocycles. The molecule has 1 heterocycles. The molecule has 4 nitrogen and oxygen atoms in total. The number of anilines is 2. The van der Waals surface area contributed by atoms with Gasteiger partial charge < -0.3 is 11.1 Å². The number of nitrogens with two attached hydrogens (primary N) is 1. The summed E-state index contributed by atoms with van der Waals surface area (Å²) in [6, 6.07) is 2.36. The molecule has 0 atom stereocenters. The molecule has 0 aliphatic heterocycles. The first kappa shape index (κ1) is 12.1. The molecule has 1 fully saturated rings. The average molecular weight is 234 g/mol. The fraction of sp³-hybridized carbons (Fsp3) is 0.692. The van der Waals surface area contributed by atoms with Crippen molar-refractivity contribution in [2.45, 2.75) is 51.5 Å². The Labute approximate surface area is 103 Å². The number of nitrogen functional groups attached to an aromatic ring is 1. The normalized spacial score (nSPS) is 24.5. The lowest BCUT2D eigenvalue weighted by atomic mass is 9.83. The van der Waals surface area contributed by atoms with Crippen LogP contribution in [0.4, 0.5) is 11.6 Å². The van der Waals surface area contributed by atoms with Gasteiger partial charge in [-0.1, -0.05) is 19.8 Å². The highest BCUT2D eigenvalue weighted by atomic mass is 15.0. The molecule has 0 spiro atoms. The summed E-state index contributed by atoms with van der Waals surface area (Å²) in [5.41, 5.74) is 5.63. The Morgan fingerprint density at radius 3 is 2.71 bits per heavy atom. The smallest absolute Gasteiger partial charge is 0.131 e. The highest BCUT2D eigenvalue weighted by Crippen LogP contribution is 2.29. The van der Waals surface area contributed by atoms with E-state index in [1.807, 2.05) is 0 Å². The number of rotatable bonds is 4. The SMILES string of the molecule is CCCC1CCC(Nc2cc(N)ncn2)CC1. The minimum atomic E-state index is 0.530. The van der Waals surface area contributed by atoms with Crippen LogP contribution >= 0.6 is 0 Å². The third-order valence-corrected chi connectivity index (χ3v) is 3.58. The van der Waals surface area contributed by atoms with Crippen molar-refractivity contribution < 1.29 is 0 Å². The summed E-state index contributed by atoms with van der Waals surface area (Å²) < 4.78 is 0. The summed E-state index contributed by atoms with van der Waals surface area (Å²) in [5.74, 6) is 2.33. The number of hydrogen-bond acceptors (Lipinski definition) is 4. The third-order valence-electron chi connectivity index (χ3n) is 3.58. The lowest BCUT2D eigenvalue weighted by Gasteiger charge is -2.29. The molecule has 3 N–H and O–H groups in total. The van der Waals surface area contributed by atoms with Gasteiger partial charge in [0, 0.05) is 12.1 Å². The molecule has 1 aliphatic rings. The van der Waals surface area contributed by atoms with Crippen LogP contribution in [0.1, 0.15) is 45.4 Å². The molecule has 0 amide bonds. The van der Waals surface area contributed by atoms with Crippen LogP contribution in [0.3, 0.4) is 0 Å². The Bertz CT molecular complexity index is 345. The van der Waals surface area contributed by atoms with Crippen molar-refractivity contribution in [1.29, 1.82) is 0 Å². The van der Waals surface area contributed by atoms with Gasteiger partial charge in [-0.05, 0) is 31.6 Å². The van der Waals surface area contributed by atoms with E-state index in [9.17, 15) is 0 Å². The second-order valence-electron chi connectivity index (χ2n) is 4.98. The number of nitrogens with one attached hydrogen (secondary N) is 1. The number of hydrogen-bond donors (Lipinski definition) is 2. The molecule has 0 bridgehead atoms. The second kappa shape index (κ2) is 5.84. The zero-order valence-electron chi connectivity index (χ0n) is 10.5. The molecule has 1 aromatic heterocycles. The molecule has 0 unspecified atom stereocenters. The largest absolute Gasteiger partial charge is 0.384 e. The summed E-state index contributed by atoms with van der Waals surface area (Å²) in [4.78, 5) is 8.08. The van der Waals surface area contributed by atoms with Crippen LogP contribution in [-0.4, -0.2) is 16.0 Å². The van der Waals surface area contributed by atoms with Gasteiger partial charge in [0.2, 0.25) is 0 Å². The Hall–Kier alpha value is -1.32. The zero-order valence-corrected chi connectivity index (χ0v) is 10.5. The molecule has 4 heteroatoms. The van der Waals surface area contributed by atoms with Crippen molar-refractivity contribution in [3.63, 3.8) is 0 Å². The highest BCUT2D eigenvalue weighted by Gasteiger charge is 2.20. The maximum absolute atomic E-state index is 5.63. The van der Waals surface area contributed by atoms with Crippen LogP contribution in [0.25, 0.3) is 0 Å². The number of aromatic nitrogens is 2. The van der Waals surface area contributed by atoms with Crippen LogP contribution in [0.5, 0.6) is 0 Å². The Morgan fingerprint density at radius 1 is 1.29 bits per heavy atom. The monoisotopic (exact) mass is 234 g/mol. The molecule has 1 saturated carbocycles. The summed E-state index contributed by atoms with van der Waals surface area (Å²) in [6.45, 7) is 2.27. The minimum Gasteiger partial charge on any atom is -0.384 e. The summed E-state index contributed by atoms with van der Waals surface area (Å²) in [7, 11) is 0. The first-order chi connectivity index (χ1) is 8.28. The lowest BCUT2D eigenvalue weighted by Crippen LogP contribution is -2.26. The van der Waals surface area contributed by atoms with E-state index >= 15 is 0 Å². The van der Waals surface area contributed by atoms with Gasteiger partial charge in [0.25, 0.3) is 0 Å². The van der Waals surface area contributed by atoms with E-state index in [1.165, 1.54) is 44.9 Å². The van der Waals surface area contributed by atoms with E-state index in [1.54, 1.807) is 6.07 Å². The molecule has 17 heavy (non-hydrogen) atoms. The van der Waals surface area contributed by atoms with Crippen molar-refractivity contribution >= 4 is 11.6 Å². The van der Waals surface area contributed by atoms with E-state index in [4.69, 9.17) is 5.73 Å². The van der Waals surface area contributed by atoms with Gasteiger partial charge in [0.05, 0.1) is 0 Å². The maximum Gasteiger partial charge on any atom is 0.131 e. The van der Waals surface area contributed by atoms with Crippen molar-refractivity contribution in [3.8, 4) is 0 Å². The third kappa shape index (κ3) is 3.58. The van der Waals surface area contributed by atoms with Gasteiger partial charge in [-0.15, -0.1) is 0 Å². The predicted molar refractivity (Wildman–Crippen MR) is 70.7 cm³/mol. The van der Waals surface area contributed by atoms with Gasteiger partial charge in [0.15, 0.2) is 0 Å². The maximum atomic E-state index is 5.63. The molecular weight excluding hydrogens is 212 g/mol. The fourth-order valence-electron chi connectivity index (χ4n) is 2.66. The molecular formula is C13H22N4. The molecule has 0 radical (unpaired) electrons. The van der Waals surface area contributed by atoms with Gasteiger partial charge >= 0.3 is 0 Å². The van der Waals surface area contributed by atoms with Crippen LogP contribution in [0.15, 0.2) is 12.4 Å². The van der Waals surface area contributed by atoms with E-state index in [-0.39, 0.29) is 0 Å².